The molecule has 1 heterocycles. The largest absolute Gasteiger partial charge is 0.508 e. The van der Waals surface area contributed by atoms with E-state index in [2.05, 4.69) is 27.8 Å². The predicted molar refractivity (Wildman–Crippen MR) is 141 cm³/mol. The number of phenols is 3. The molecule has 35 heavy (non-hydrogen) atoms. The second kappa shape index (κ2) is 15.0. The Kier molecular flexibility index (Phi) is 11.4. The van der Waals surface area contributed by atoms with Crippen LogP contribution in [0.4, 0.5) is 0 Å². The summed E-state index contributed by atoms with van der Waals surface area (Å²) in [6, 6.07) is 14.8. The minimum atomic E-state index is -0.0838. The van der Waals surface area contributed by atoms with Crippen LogP contribution in [0.1, 0.15) is 47.9 Å². The number of nitrogens with one attached hydrogen (secondary N) is 2. The second-order valence-corrected chi connectivity index (χ2v) is 9.01. The number of aromatic hydroxyl groups is 3. The van der Waals surface area contributed by atoms with Crippen molar-refractivity contribution in [1.29, 1.82) is 0 Å². The first-order valence-electron chi connectivity index (χ1n) is 12.7. The van der Waals surface area contributed by atoms with Gasteiger partial charge in [0, 0.05) is 18.0 Å². The lowest BCUT2D eigenvalue weighted by Gasteiger charge is -2.14. The van der Waals surface area contributed by atoms with Crippen molar-refractivity contribution < 1.29 is 15.3 Å². The first-order valence-corrected chi connectivity index (χ1v) is 12.7. The minimum absolute atomic E-state index is 0.0305. The zero-order valence-electron chi connectivity index (χ0n) is 20.5. The van der Waals surface area contributed by atoms with Crippen LogP contribution in [0.3, 0.4) is 0 Å². The molecule has 0 amide bonds. The van der Waals surface area contributed by atoms with E-state index < -0.39 is 0 Å². The Morgan fingerprint density at radius 3 is 2.06 bits per heavy atom. The molecule has 188 valence electrons. The number of aryl methyl sites for hydroxylation is 1. The van der Waals surface area contributed by atoms with E-state index in [0.717, 1.165) is 62.1 Å². The van der Waals surface area contributed by atoms with E-state index in [-0.39, 0.29) is 17.2 Å². The van der Waals surface area contributed by atoms with Gasteiger partial charge >= 0.3 is 0 Å². The standard InChI is InChI=1S/C29H39N3O3/c33-26-7-5-6-24(22-26)8-10-27-25(9-11-28(34)29(27)35)15-21-31-17-4-2-1-3-16-30-18-12-23-13-19-32-20-14-23/h5-7,9,11,13-14,19-20,22,30-31,33-35H,1-4,8,10,12,15-18,21H2. The van der Waals surface area contributed by atoms with Crippen LogP contribution < -0.4 is 10.6 Å². The lowest BCUT2D eigenvalue weighted by molar-refractivity contribution is 0.398. The molecule has 0 bridgehead atoms. The fourth-order valence-corrected chi connectivity index (χ4v) is 4.27. The summed E-state index contributed by atoms with van der Waals surface area (Å²) in [4.78, 5) is 4.04. The molecule has 6 heteroatoms. The third kappa shape index (κ3) is 9.59. The third-order valence-corrected chi connectivity index (χ3v) is 6.30. The maximum atomic E-state index is 10.4. The molecule has 0 fully saturated rings. The number of aromatic nitrogens is 1. The number of rotatable bonds is 16. The van der Waals surface area contributed by atoms with Crippen molar-refractivity contribution in [1.82, 2.24) is 15.6 Å². The molecule has 0 radical (unpaired) electrons. The van der Waals surface area contributed by atoms with Gasteiger partial charge in [-0.05, 0) is 112 Å². The number of benzene rings is 2. The molecule has 0 saturated heterocycles. The van der Waals surface area contributed by atoms with Crippen molar-refractivity contribution in [3.05, 3.63) is 83.2 Å². The molecule has 2 aromatic carbocycles. The fraction of sp³-hybridized carbons (Fsp3) is 0.414. The molecule has 0 aliphatic heterocycles. The van der Waals surface area contributed by atoms with Gasteiger partial charge in [-0.3, -0.25) is 4.98 Å². The van der Waals surface area contributed by atoms with E-state index >= 15 is 0 Å². The monoisotopic (exact) mass is 477 g/mol. The normalized spacial score (nSPS) is 11.1. The Morgan fingerprint density at radius 1 is 0.629 bits per heavy atom. The summed E-state index contributed by atoms with van der Waals surface area (Å²) in [6.45, 7) is 3.89. The highest BCUT2D eigenvalue weighted by atomic mass is 16.3. The zero-order valence-corrected chi connectivity index (χ0v) is 20.5. The number of unbranched alkanes of at least 4 members (excludes halogenated alkanes) is 3. The lowest BCUT2D eigenvalue weighted by Crippen LogP contribution is -2.20. The van der Waals surface area contributed by atoms with E-state index in [9.17, 15) is 15.3 Å². The number of hydrogen-bond donors (Lipinski definition) is 5. The van der Waals surface area contributed by atoms with Crippen LogP contribution >= 0.6 is 0 Å². The Hall–Kier alpha value is -3.09. The smallest absolute Gasteiger partial charge is 0.160 e. The quantitative estimate of drug-likeness (QED) is 0.154. The molecule has 3 rings (SSSR count). The van der Waals surface area contributed by atoms with Crippen LogP contribution in [-0.4, -0.2) is 46.5 Å². The van der Waals surface area contributed by atoms with Crippen LogP contribution in [0.15, 0.2) is 60.9 Å². The predicted octanol–water partition coefficient (Wildman–Crippen LogP) is 4.51. The molecule has 0 unspecified atom stereocenters. The Labute approximate surface area is 209 Å². The van der Waals surface area contributed by atoms with Crippen molar-refractivity contribution in [2.24, 2.45) is 0 Å². The average molecular weight is 478 g/mol. The summed E-state index contributed by atoms with van der Waals surface area (Å²) in [5.41, 5.74) is 4.16. The maximum absolute atomic E-state index is 10.4. The van der Waals surface area contributed by atoms with Crippen LogP contribution in [0.25, 0.3) is 0 Å². The summed E-state index contributed by atoms with van der Waals surface area (Å²) in [6.07, 6.45) is 11.6. The van der Waals surface area contributed by atoms with E-state index in [1.54, 1.807) is 18.2 Å². The highest BCUT2D eigenvalue weighted by Crippen LogP contribution is 2.32. The van der Waals surface area contributed by atoms with Gasteiger partial charge in [0.1, 0.15) is 5.75 Å². The van der Waals surface area contributed by atoms with Crippen molar-refractivity contribution >= 4 is 0 Å². The topological polar surface area (TPSA) is 97.6 Å². The number of hydrogen-bond acceptors (Lipinski definition) is 6. The van der Waals surface area contributed by atoms with Gasteiger partial charge in [0.15, 0.2) is 11.5 Å². The molecule has 0 aliphatic carbocycles. The molecule has 0 spiro atoms. The van der Waals surface area contributed by atoms with Crippen LogP contribution in [-0.2, 0) is 25.7 Å². The molecular formula is C29H39N3O3. The van der Waals surface area contributed by atoms with Crippen LogP contribution in [0.2, 0.25) is 0 Å². The van der Waals surface area contributed by atoms with Crippen molar-refractivity contribution in [2.75, 3.05) is 26.2 Å². The molecule has 1 aromatic heterocycles. The summed E-state index contributed by atoms with van der Waals surface area (Å²) in [5.74, 6) is 0.126. The molecule has 3 aromatic rings. The van der Waals surface area contributed by atoms with Gasteiger partial charge in [0.2, 0.25) is 0 Å². The molecule has 0 saturated carbocycles. The Balaban J connectivity index is 1.27. The van der Waals surface area contributed by atoms with Crippen molar-refractivity contribution in [3.8, 4) is 17.2 Å². The summed E-state index contributed by atoms with van der Waals surface area (Å²) in [5, 5.41) is 37.1. The zero-order chi connectivity index (χ0) is 24.7. The van der Waals surface area contributed by atoms with E-state index in [4.69, 9.17) is 0 Å². The highest BCUT2D eigenvalue weighted by Gasteiger charge is 2.12. The summed E-state index contributed by atoms with van der Waals surface area (Å²) < 4.78 is 0. The number of pyridine rings is 1. The second-order valence-electron chi connectivity index (χ2n) is 9.01. The van der Waals surface area contributed by atoms with E-state index in [1.165, 1.54) is 24.8 Å². The van der Waals surface area contributed by atoms with Gasteiger partial charge in [0.05, 0.1) is 0 Å². The summed E-state index contributed by atoms with van der Waals surface area (Å²) >= 11 is 0. The third-order valence-electron chi connectivity index (χ3n) is 6.30. The molecule has 0 atom stereocenters. The van der Waals surface area contributed by atoms with E-state index in [0.29, 0.717) is 12.8 Å². The van der Waals surface area contributed by atoms with Gasteiger partial charge in [-0.25, -0.2) is 0 Å². The summed E-state index contributed by atoms with van der Waals surface area (Å²) in [7, 11) is 0. The Bertz CT molecular complexity index is 1010. The molecule has 6 nitrogen and oxygen atoms in total. The van der Waals surface area contributed by atoms with Gasteiger partial charge in [0.25, 0.3) is 0 Å². The van der Waals surface area contributed by atoms with Crippen LogP contribution in [0.5, 0.6) is 17.2 Å². The maximum Gasteiger partial charge on any atom is 0.160 e. The number of phenolic OH excluding ortho intramolecular Hbond substituents is 3. The fourth-order valence-electron chi connectivity index (χ4n) is 4.27. The first-order chi connectivity index (χ1) is 17.1. The minimum Gasteiger partial charge on any atom is -0.508 e. The SMILES string of the molecule is Oc1cccc(CCc2c(CCNCCCCCCNCCc3ccncc3)ccc(O)c2O)c1. The Morgan fingerprint density at radius 2 is 1.34 bits per heavy atom. The van der Waals surface area contributed by atoms with Crippen LogP contribution in [0, 0.1) is 0 Å². The van der Waals surface area contributed by atoms with Gasteiger partial charge < -0.3 is 26.0 Å². The van der Waals surface area contributed by atoms with Gasteiger partial charge in [-0.15, -0.1) is 0 Å². The first kappa shape index (κ1) is 26.5. The molecular weight excluding hydrogens is 438 g/mol. The van der Waals surface area contributed by atoms with Crippen molar-refractivity contribution in [3.63, 3.8) is 0 Å². The van der Waals surface area contributed by atoms with E-state index in [1.807, 2.05) is 30.6 Å². The van der Waals surface area contributed by atoms with Gasteiger partial charge in [-0.2, -0.15) is 0 Å². The van der Waals surface area contributed by atoms with Crippen molar-refractivity contribution in [2.45, 2.75) is 51.4 Å². The molecule has 5 N–H and O–H groups in total. The highest BCUT2D eigenvalue weighted by molar-refractivity contribution is 5.49. The van der Waals surface area contributed by atoms with Gasteiger partial charge in [-0.1, -0.05) is 31.0 Å². The number of nitrogens with zero attached hydrogens (tertiary/aromatic N) is 1. The average Bonchev–Trinajstić information content (AvgIpc) is 2.87. The lowest BCUT2D eigenvalue weighted by atomic mass is 9.96. The molecule has 0 aliphatic rings.